The standard InChI is InChI=1S/C19H21N3S/c1-12-9-16-17(10-13(12)2)22(11-14(3)18(20)23)19(21-16)15-7-5-4-6-8-15/h4-10,14H,11H2,1-3H3,(H2,20,23). The van der Waals surface area contributed by atoms with E-state index in [0.29, 0.717) is 4.99 Å². The minimum Gasteiger partial charge on any atom is -0.393 e. The van der Waals surface area contributed by atoms with E-state index in [9.17, 15) is 0 Å². The molecule has 0 spiro atoms. The molecule has 1 atom stereocenters. The smallest absolute Gasteiger partial charge is 0.141 e. The lowest BCUT2D eigenvalue weighted by molar-refractivity contribution is 0.617. The van der Waals surface area contributed by atoms with Gasteiger partial charge in [-0.15, -0.1) is 0 Å². The minimum absolute atomic E-state index is 0.117. The lowest BCUT2D eigenvalue weighted by Crippen LogP contribution is -2.23. The van der Waals surface area contributed by atoms with Crippen molar-refractivity contribution in [2.24, 2.45) is 11.7 Å². The summed E-state index contributed by atoms with van der Waals surface area (Å²) in [6, 6.07) is 14.6. The SMILES string of the molecule is Cc1cc2nc(-c3ccccc3)n(CC(C)C(N)=S)c2cc1C. The molecule has 1 unspecified atom stereocenters. The van der Waals surface area contributed by atoms with Gasteiger partial charge in [-0.1, -0.05) is 49.5 Å². The maximum atomic E-state index is 5.84. The molecule has 0 aliphatic heterocycles. The zero-order valence-corrected chi connectivity index (χ0v) is 14.5. The van der Waals surface area contributed by atoms with Gasteiger partial charge < -0.3 is 10.3 Å². The fourth-order valence-electron chi connectivity index (χ4n) is 2.74. The zero-order valence-electron chi connectivity index (χ0n) is 13.7. The van der Waals surface area contributed by atoms with Crippen LogP contribution in [0.5, 0.6) is 0 Å². The highest BCUT2D eigenvalue weighted by Gasteiger charge is 2.16. The normalized spacial score (nSPS) is 12.5. The summed E-state index contributed by atoms with van der Waals surface area (Å²) in [5, 5.41) is 0. The molecular formula is C19H21N3S. The van der Waals surface area contributed by atoms with E-state index in [1.165, 1.54) is 11.1 Å². The number of hydrogen-bond donors (Lipinski definition) is 1. The Balaban J connectivity index is 2.23. The second-order valence-corrected chi connectivity index (χ2v) is 6.61. The largest absolute Gasteiger partial charge is 0.393 e. The van der Waals surface area contributed by atoms with Gasteiger partial charge in [0.25, 0.3) is 0 Å². The average molecular weight is 323 g/mol. The highest BCUT2D eigenvalue weighted by atomic mass is 32.1. The third kappa shape index (κ3) is 2.99. The third-order valence-corrected chi connectivity index (χ3v) is 4.74. The number of fused-ring (bicyclic) bond motifs is 1. The van der Waals surface area contributed by atoms with Crippen LogP contribution < -0.4 is 5.73 Å². The number of benzene rings is 2. The summed E-state index contributed by atoms with van der Waals surface area (Å²) in [6.07, 6.45) is 0. The lowest BCUT2D eigenvalue weighted by Gasteiger charge is -2.15. The first-order chi connectivity index (χ1) is 11.0. The molecule has 0 fully saturated rings. The molecule has 1 heterocycles. The number of imidazole rings is 1. The van der Waals surface area contributed by atoms with E-state index < -0.39 is 0 Å². The molecule has 4 heteroatoms. The van der Waals surface area contributed by atoms with Gasteiger partial charge in [-0.25, -0.2) is 4.98 Å². The minimum atomic E-state index is 0.117. The number of hydrogen-bond acceptors (Lipinski definition) is 2. The monoisotopic (exact) mass is 323 g/mol. The molecule has 118 valence electrons. The molecule has 0 bridgehead atoms. The Morgan fingerprint density at radius 1 is 1.17 bits per heavy atom. The van der Waals surface area contributed by atoms with Gasteiger partial charge in [-0.3, -0.25) is 0 Å². The summed E-state index contributed by atoms with van der Waals surface area (Å²) >= 11 is 5.16. The van der Waals surface area contributed by atoms with Gasteiger partial charge in [0.15, 0.2) is 0 Å². The van der Waals surface area contributed by atoms with E-state index in [2.05, 4.69) is 49.6 Å². The number of aryl methyl sites for hydroxylation is 2. The molecule has 0 radical (unpaired) electrons. The van der Waals surface area contributed by atoms with Gasteiger partial charge in [0.1, 0.15) is 5.82 Å². The number of nitrogens with two attached hydrogens (primary N) is 1. The first-order valence-electron chi connectivity index (χ1n) is 7.79. The Bertz CT molecular complexity index is 865. The first-order valence-corrected chi connectivity index (χ1v) is 8.20. The molecule has 3 nitrogen and oxygen atoms in total. The van der Waals surface area contributed by atoms with E-state index >= 15 is 0 Å². The van der Waals surface area contributed by atoms with Crippen molar-refractivity contribution < 1.29 is 0 Å². The van der Waals surface area contributed by atoms with Gasteiger partial charge in [0.2, 0.25) is 0 Å². The second kappa shape index (κ2) is 6.13. The van der Waals surface area contributed by atoms with E-state index in [1.54, 1.807) is 0 Å². The van der Waals surface area contributed by atoms with E-state index in [4.69, 9.17) is 22.9 Å². The van der Waals surface area contributed by atoms with E-state index in [0.717, 1.165) is 29.0 Å². The number of nitrogens with zero attached hydrogens (tertiary/aromatic N) is 2. The van der Waals surface area contributed by atoms with Crippen molar-refractivity contribution >= 4 is 28.2 Å². The van der Waals surface area contributed by atoms with Crippen LogP contribution in [0.15, 0.2) is 42.5 Å². The van der Waals surface area contributed by atoms with Crippen molar-refractivity contribution in [2.75, 3.05) is 0 Å². The van der Waals surface area contributed by atoms with Gasteiger partial charge in [0, 0.05) is 18.0 Å². The summed E-state index contributed by atoms with van der Waals surface area (Å²) < 4.78 is 2.24. The maximum Gasteiger partial charge on any atom is 0.141 e. The van der Waals surface area contributed by atoms with Crippen LogP contribution in [-0.4, -0.2) is 14.5 Å². The molecular weight excluding hydrogens is 302 g/mol. The van der Waals surface area contributed by atoms with Crippen molar-refractivity contribution in [2.45, 2.75) is 27.3 Å². The molecule has 0 saturated carbocycles. The molecule has 0 saturated heterocycles. The molecule has 3 aromatic rings. The number of rotatable bonds is 4. The molecule has 3 rings (SSSR count). The van der Waals surface area contributed by atoms with Gasteiger partial charge in [-0.2, -0.15) is 0 Å². The average Bonchev–Trinajstić information content (AvgIpc) is 2.86. The fraction of sp³-hybridized carbons (Fsp3) is 0.263. The maximum absolute atomic E-state index is 5.84. The first kappa shape index (κ1) is 15.7. The Morgan fingerprint density at radius 3 is 2.48 bits per heavy atom. The van der Waals surface area contributed by atoms with E-state index in [1.807, 2.05) is 18.2 Å². The van der Waals surface area contributed by atoms with Crippen LogP contribution in [-0.2, 0) is 6.54 Å². The summed E-state index contributed by atoms with van der Waals surface area (Å²) in [5.41, 5.74) is 11.6. The van der Waals surface area contributed by atoms with Gasteiger partial charge >= 0.3 is 0 Å². The topological polar surface area (TPSA) is 43.8 Å². The fourth-order valence-corrected chi connectivity index (χ4v) is 2.81. The summed E-state index contributed by atoms with van der Waals surface area (Å²) in [6.45, 7) is 7.04. The van der Waals surface area contributed by atoms with Crippen molar-refractivity contribution in [1.29, 1.82) is 0 Å². The zero-order chi connectivity index (χ0) is 16.6. The Morgan fingerprint density at radius 2 is 1.83 bits per heavy atom. The van der Waals surface area contributed by atoms with Crippen LogP contribution in [0.4, 0.5) is 0 Å². The Labute approximate surface area is 142 Å². The highest BCUT2D eigenvalue weighted by molar-refractivity contribution is 7.80. The summed E-state index contributed by atoms with van der Waals surface area (Å²) in [5.74, 6) is 1.08. The number of aromatic nitrogens is 2. The number of thiocarbonyl (C=S) groups is 1. The Kier molecular flexibility index (Phi) is 4.18. The van der Waals surface area contributed by atoms with Crippen molar-refractivity contribution in [3.05, 3.63) is 53.6 Å². The van der Waals surface area contributed by atoms with Gasteiger partial charge in [0.05, 0.1) is 16.0 Å². The van der Waals surface area contributed by atoms with E-state index in [-0.39, 0.29) is 5.92 Å². The molecule has 2 aromatic carbocycles. The molecule has 0 aliphatic carbocycles. The van der Waals surface area contributed by atoms with Crippen LogP contribution in [0.2, 0.25) is 0 Å². The Hall–Kier alpha value is -2.20. The van der Waals surface area contributed by atoms with Crippen molar-refractivity contribution in [3.63, 3.8) is 0 Å². The van der Waals surface area contributed by atoms with Crippen molar-refractivity contribution in [3.8, 4) is 11.4 Å². The molecule has 23 heavy (non-hydrogen) atoms. The van der Waals surface area contributed by atoms with Crippen LogP contribution >= 0.6 is 12.2 Å². The third-order valence-electron chi connectivity index (χ3n) is 4.34. The quantitative estimate of drug-likeness (QED) is 0.730. The van der Waals surface area contributed by atoms with Crippen LogP contribution in [0, 0.1) is 19.8 Å². The second-order valence-electron chi connectivity index (χ2n) is 6.14. The van der Waals surface area contributed by atoms with Crippen LogP contribution in [0.1, 0.15) is 18.1 Å². The predicted octanol–water partition coefficient (Wildman–Crippen LogP) is 4.24. The molecule has 2 N–H and O–H groups in total. The molecule has 0 amide bonds. The van der Waals surface area contributed by atoms with Gasteiger partial charge in [-0.05, 0) is 37.1 Å². The molecule has 0 aliphatic rings. The summed E-state index contributed by atoms with van der Waals surface area (Å²) in [7, 11) is 0. The van der Waals surface area contributed by atoms with Crippen molar-refractivity contribution in [1.82, 2.24) is 9.55 Å². The van der Waals surface area contributed by atoms with Crippen LogP contribution in [0.3, 0.4) is 0 Å². The highest BCUT2D eigenvalue weighted by Crippen LogP contribution is 2.27. The molecule has 1 aromatic heterocycles. The lowest BCUT2D eigenvalue weighted by atomic mass is 10.1. The summed E-state index contributed by atoms with van der Waals surface area (Å²) in [4.78, 5) is 5.41. The predicted molar refractivity (Wildman–Crippen MR) is 101 cm³/mol. The van der Waals surface area contributed by atoms with Crippen LogP contribution in [0.25, 0.3) is 22.4 Å².